The van der Waals surface area contributed by atoms with Crippen molar-refractivity contribution in [1.29, 1.82) is 0 Å². The molecule has 0 radical (unpaired) electrons. The van der Waals surface area contributed by atoms with E-state index in [4.69, 9.17) is 9.84 Å². The number of carboxylic acid groups (broad SMARTS) is 1. The molecule has 1 aromatic rings. The number of carbonyl (C=O) groups excluding carboxylic acids is 1. The second-order valence-corrected chi connectivity index (χ2v) is 8.85. The number of aliphatic carboxylic acids is 1. The highest BCUT2D eigenvalue weighted by Crippen LogP contribution is 2.25. The Balaban J connectivity index is 2.46. The number of sulfonamides is 1. The number of rotatable bonds is 8. The van der Waals surface area contributed by atoms with Gasteiger partial charge in [-0.05, 0) is 17.5 Å². The molecule has 11 nitrogen and oxygen atoms in total. The maximum Gasteiger partial charge on any atom is 0.370 e. The highest BCUT2D eigenvalue weighted by atomic mass is 32.2. The molecular weight excluding hydrogens is 416 g/mol. The number of hydrogen-bond donors (Lipinski definition) is 6. The zero-order valence-corrected chi connectivity index (χ0v) is 16.2. The molecule has 0 aliphatic carbocycles. The standard InChI is InChI=1S/C15H20N2O9S2/c1-7(19)16-12-8(17-28(24,25)11-3-2-4-27-11)5-10(15(22)23)26-14(12)13(21)9(20)6-18/h2-5,8-9,12-14,17-18,20-21H,6H2,1H3,(H,16,19)(H,22,23)/t8-,9?,12-,13-,14-/m1/s1. The van der Waals surface area contributed by atoms with Crippen LogP contribution in [0.2, 0.25) is 0 Å². The Morgan fingerprint density at radius 3 is 2.54 bits per heavy atom. The molecule has 1 amide bonds. The third-order valence-corrected chi connectivity index (χ3v) is 6.74. The average molecular weight is 436 g/mol. The molecule has 0 fully saturated rings. The third kappa shape index (κ3) is 5.06. The number of amides is 1. The first-order valence-electron chi connectivity index (χ1n) is 7.98. The zero-order valence-electron chi connectivity index (χ0n) is 14.5. The quantitative estimate of drug-likeness (QED) is 0.268. The van der Waals surface area contributed by atoms with Crippen LogP contribution >= 0.6 is 11.3 Å². The Morgan fingerprint density at radius 2 is 2.04 bits per heavy atom. The maximum atomic E-state index is 12.6. The van der Waals surface area contributed by atoms with Crippen LogP contribution in [-0.2, 0) is 24.3 Å². The van der Waals surface area contributed by atoms with Gasteiger partial charge >= 0.3 is 5.97 Å². The van der Waals surface area contributed by atoms with Crippen molar-refractivity contribution < 1.29 is 43.2 Å². The molecule has 1 aliphatic rings. The molecule has 6 N–H and O–H groups in total. The molecule has 0 spiro atoms. The SMILES string of the molecule is CC(=O)N[C@H]1[C@H]([C@H](O)C(O)CO)OC(C(=O)O)=C[C@H]1NS(=O)(=O)c1cccs1. The van der Waals surface area contributed by atoms with Crippen LogP contribution in [0.1, 0.15) is 6.92 Å². The number of carbonyl (C=O) groups is 2. The topological polar surface area (TPSA) is 182 Å². The van der Waals surface area contributed by atoms with Crippen LogP contribution in [0, 0.1) is 0 Å². The van der Waals surface area contributed by atoms with E-state index in [1.54, 1.807) is 0 Å². The number of hydrogen-bond acceptors (Lipinski definition) is 9. The molecule has 2 rings (SSSR count). The van der Waals surface area contributed by atoms with Crippen molar-refractivity contribution in [3.63, 3.8) is 0 Å². The van der Waals surface area contributed by atoms with E-state index in [1.807, 2.05) is 0 Å². The van der Waals surface area contributed by atoms with E-state index in [0.29, 0.717) is 0 Å². The van der Waals surface area contributed by atoms with Gasteiger partial charge in [0.1, 0.15) is 22.5 Å². The van der Waals surface area contributed by atoms with E-state index in [9.17, 15) is 33.3 Å². The summed E-state index contributed by atoms with van der Waals surface area (Å²) in [5.74, 6) is -2.84. The van der Waals surface area contributed by atoms with E-state index in [1.165, 1.54) is 17.5 Å². The lowest BCUT2D eigenvalue weighted by Gasteiger charge is -2.39. The minimum atomic E-state index is -4.08. The summed E-state index contributed by atoms with van der Waals surface area (Å²) in [6.07, 6.45) is -4.15. The van der Waals surface area contributed by atoms with Crippen molar-refractivity contribution >= 4 is 33.2 Å². The highest BCUT2D eigenvalue weighted by molar-refractivity contribution is 7.91. The summed E-state index contributed by atoms with van der Waals surface area (Å²) in [4.78, 5) is 23.0. The van der Waals surface area contributed by atoms with Crippen LogP contribution in [0.4, 0.5) is 0 Å². The number of ether oxygens (including phenoxy) is 1. The van der Waals surface area contributed by atoms with Crippen LogP contribution in [0.5, 0.6) is 0 Å². The average Bonchev–Trinajstić information content (AvgIpc) is 3.16. The Hall–Kier alpha value is -2.03. The number of thiophene rings is 1. The van der Waals surface area contributed by atoms with Gasteiger partial charge in [-0.3, -0.25) is 4.79 Å². The van der Waals surface area contributed by atoms with Crippen LogP contribution in [0.15, 0.2) is 33.6 Å². The normalized spacial score (nSPS) is 24.6. The molecule has 5 atom stereocenters. The number of carboxylic acids is 1. The molecule has 0 bridgehead atoms. The molecule has 2 heterocycles. The van der Waals surface area contributed by atoms with Gasteiger partial charge in [0.25, 0.3) is 10.0 Å². The van der Waals surface area contributed by atoms with Gasteiger partial charge < -0.3 is 30.5 Å². The summed E-state index contributed by atoms with van der Waals surface area (Å²) in [5, 5.41) is 42.2. The Kier molecular flexibility index (Phi) is 7.14. The predicted molar refractivity (Wildman–Crippen MR) is 95.7 cm³/mol. The van der Waals surface area contributed by atoms with Crippen molar-refractivity contribution in [3.8, 4) is 0 Å². The number of aliphatic hydroxyl groups is 3. The van der Waals surface area contributed by atoms with Gasteiger partial charge in [-0.25, -0.2) is 17.9 Å². The summed E-state index contributed by atoms with van der Waals surface area (Å²) < 4.78 is 32.5. The van der Waals surface area contributed by atoms with E-state index < -0.39 is 64.7 Å². The number of nitrogens with one attached hydrogen (secondary N) is 2. The van der Waals surface area contributed by atoms with Crippen molar-refractivity contribution in [2.75, 3.05) is 6.61 Å². The van der Waals surface area contributed by atoms with Gasteiger partial charge in [0.05, 0.1) is 18.7 Å². The lowest BCUT2D eigenvalue weighted by atomic mass is 9.92. The minimum absolute atomic E-state index is 0.0432. The first kappa shape index (κ1) is 22.3. The molecular formula is C15H20N2O9S2. The summed E-state index contributed by atoms with van der Waals surface area (Å²) in [5.41, 5.74) is 0. The van der Waals surface area contributed by atoms with Gasteiger partial charge in [-0.1, -0.05) is 6.07 Å². The molecule has 0 saturated heterocycles. The second kappa shape index (κ2) is 8.98. The summed E-state index contributed by atoms with van der Waals surface area (Å²) in [6, 6.07) is 0.258. The zero-order chi connectivity index (χ0) is 21.1. The fourth-order valence-corrected chi connectivity index (χ4v) is 4.84. The summed E-state index contributed by atoms with van der Waals surface area (Å²) in [6.45, 7) is 0.263. The first-order valence-corrected chi connectivity index (χ1v) is 10.3. The van der Waals surface area contributed by atoms with E-state index in [-0.39, 0.29) is 4.21 Å². The Morgan fingerprint density at radius 1 is 1.36 bits per heavy atom. The lowest BCUT2D eigenvalue weighted by molar-refractivity contribution is -0.146. The Labute approximate surface area is 164 Å². The van der Waals surface area contributed by atoms with Gasteiger partial charge in [0.15, 0.2) is 0 Å². The molecule has 156 valence electrons. The molecule has 1 unspecified atom stereocenters. The molecule has 0 saturated carbocycles. The Bertz CT molecular complexity index is 838. The van der Waals surface area contributed by atoms with Crippen LogP contribution < -0.4 is 10.0 Å². The summed E-state index contributed by atoms with van der Waals surface area (Å²) >= 11 is 0.928. The fraction of sp³-hybridized carbons (Fsp3) is 0.467. The van der Waals surface area contributed by atoms with Crippen LogP contribution in [-0.4, -0.2) is 77.7 Å². The van der Waals surface area contributed by atoms with Gasteiger partial charge in [-0.15, -0.1) is 11.3 Å². The molecule has 0 aromatic carbocycles. The van der Waals surface area contributed by atoms with E-state index in [0.717, 1.165) is 24.3 Å². The highest BCUT2D eigenvalue weighted by Gasteiger charge is 2.44. The van der Waals surface area contributed by atoms with Gasteiger partial charge in [-0.2, -0.15) is 0 Å². The van der Waals surface area contributed by atoms with Crippen molar-refractivity contribution in [2.24, 2.45) is 0 Å². The minimum Gasteiger partial charge on any atom is -0.478 e. The molecule has 28 heavy (non-hydrogen) atoms. The lowest BCUT2D eigenvalue weighted by Crippen LogP contribution is -2.63. The van der Waals surface area contributed by atoms with Crippen LogP contribution in [0.3, 0.4) is 0 Å². The predicted octanol–water partition coefficient (Wildman–Crippen LogP) is -2.02. The monoisotopic (exact) mass is 436 g/mol. The smallest absolute Gasteiger partial charge is 0.370 e. The van der Waals surface area contributed by atoms with Crippen molar-refractivity contribution in [2.45, 2.75) is 41.5 Å². The van der Waals surface area contributed by atoms with Crippen molar-refractivity contribution in [1.82, 2.24) is 10.0 Å². The molecule has 13 heteroatoms. The second-order valence-electron chi connectivity index (χ2n) is 5.96. The number of aliphatic hydroxyl groups excluding tert-OH is 3. The largest absolute Gasteiger partial charge is 0.478 e. The fourth-order valence-electron chi connectivity index (χ4n) is 2.63. The summed E-state index contributed by atoms with van der Waals surface area (Å²) in [7, 11) is -4.08. The van der Waals surface area contributed by atoms with E-state index in [2.05, 4.69) is 10.0 Å². The third-order valence-electron chi connectivity index (χ3n) is 3.88. The van der Waals surface area contributed by atoms with Crippen molar-refractivity contribution in [3.05, 3.63) is 29.3 Å². The van der Waals surface area contributed by atoms with Gasteiger partial charge in [0.2, 0.25) is 11.7 Å². The van der Waals surface area contributed by atoms with Gasteiger partial charge in [0, 0.05) is 6.92 Å². The van der Waals surface area contributed by atoms with E-state index >= 15 is 0 Å². The first-order chi connectivity index (χ1) is 13.1. The van der Waals surface area contributed by atoms with Crippen LogP contribution in [0.25, 0.3) is 0 Å². The maximum absolute atomic E-state index is 12.6. The molecule has 1 aromatic heterocycles. The molecule has 1 aliphatic heterocycles.